The number of hydrogen-bond acceptors (Lipinski definition) is 5. The van der Waals surface area contributed by atoms with Crippen molar-refractivity contribution < 1.29 is 28.9 Å². The molecule has 1 aromatic rings. The van der Waals surface area contributed by atoms with Gasteiger partial charge in [-0.2, -0.15) is 0 Å². The van der Waals surface area contributed by atoms with Crippen molar-refractivity contribution in [1.82, 2.24) is 4.90 Å². The summed E-state index contributed by atoms with van der Waals surface area (Å²) in [5, 5.41) is 9.62. The number of carbonyl (C=O) groups is 2. The molecule has 0 radical (unpaired) electrons. The van der Waals surface area contributed by atoms with Crippen molar-refractivity contribution in [3.63, 3.8) is 0 Å². The Bertz CT molecular complexity index is 651. The summed E-state index contributed by atoms with van der Waals surface area (Å²) in [6, 6.07) is 5.34. The largest absolute Gasteiger partial charge is 0.493 e. The van der Waals surface area contributed by atoms with Gasteiger partial charge in [-0.1, -0.05) is 12.1 Å². The molecule has 2 unspecified atom stereocenters. The number of aliphatic carboxylic acids is 1. The van der Waals surface area contributed by atoms with Gasteiger partial charge in [-0.25, -0.2) is 4.79 Å². The van der Waals surface area contributed by atoms with Gasteiger partial charge in [-0.15, -0.1) is 0 Å². The number of amides is 1. The Morgan fingerprint density at radius 2 is 1.84 bits per heavy atom. The molecule has 2 atom stereocenters. The van der Waals surface area contributed by atoms with Crippen molar-refractivity contribution in [2.45, 2.75) is 32.3 Å². The van der Waals surface area contributed by atoms with Gasteiger partial charge in [0.2, 0.25) is 0 Å². The van der Waals surface area contributed by atoms with Gasteiger partial charge in [0.15, 0.2) is 11.5 Å². The third-order valence-corrected chi connectivity index (χ3v) is 4.12. The molecule has 0 aromatic heterocycles. The van der Waals surface area contributed by atoms with E-state index in [4.69, 9.17) is 14.2 Å². The highest BCUT2D eigenvalue weighted by molar-refractivity contribution is 5.76. The molecule has 2 rings (SSSR count). The lowest BCUT2D eigenvalue weighted by Gasteiger charge is -2.24. The van der Waals surface area contributed by atoms with E-state index in [0.717, 1.165) is 0 Å². The van der Waals surface area contributed by atoms with E-state index >= 15 is 0 Å². The average Bonchev–Trinajstić information content (AvgIpc) is 2.97. The molecule has 138 valence electrons. The summed E-state index contributed by atoms with van der Waals surface area (Å²) < 4.78 is 16.1. The first-order valence-electron chi connectivity index (χ1n) is 8.09. The van der Waals surface area contributed by atoms with Gasteiger partial charge in [0, 0.05) is 24.6 Å². The average molecular weight is 351 g/mol. The van der Waals surface area contributed by atoms with Crippen LogP contribution in [0, 0.1) is 5.92 Å². The molecule has 1 aliphatic rings. The molecule has 1 aromatic carbocycles. The summed E-state index contributed by atoms with van der Waals surface area (Å²) in [5.41, 5.74) is 0.0713. The third kappa shape index (κ3) is 4.15. The first kappa shape index (κ1) is 18.9. The van der Waals surface area contributed by atoms with E-state index in [2.05, 4.69) is 0 Å². The van der Waals surface area contributed by atoms with Crippen LogP contribution in [0.25, 0.3) is 0 Å². The van der Waals surface area contributed by atoms with Crippen molar-refractivity contribution in [1.29, 1.82) is 0 Å². The monoisotopic (exact) mass is 351 g/mol. The minimum atomic E-state index is -0.957. The number of ether oxygens (including phenoxy) is 3. The van der Waals surface area contributed by atoms with Crippen molar-refractivity contribution in [2.24, 2.45) is 5.92 Å². The fourth-order valence-electron chi connectivity index (χ4n) is 3.05. The fourth-order valence-corrected chi connectivity index (χ4v) is 3.05. The second-order valence-electron chi connectivity index (χ2n) is 7.02. The van der Waals surface area contributed by atoms with Crippen LogP contribution in [0.15, 0.2) is 18.2 Å². The SMILES string of the molecule is COc1cccc(C2CN(C(=O)OC(C)(C)C)CC2C(=O)O)c1OC. The van der Waals surface area contributed by atoms with Crippen LogP contribution in [0.1, 0.15) is 32.3 Å². The molecule has 0 bridgehead atoms. The lowest BCUT2D eigenvalue weighted by molar-refractivity contribution is -0.141. The van der Waals surface area contributed by atoms with Crippen LogP contribution in [0.3, 0.4) is 0 Å². The molecular weight excluding hydrogens is 326 g/mol. The Balaban J connectivity index is 2.34. The van der Waals surface area contributed by atoms with Gasteiger partial charge in [-0.05, 0) is 26.8 Å². The van der Waals surface area contributed by atoms with Crippen LogP contribution in [0.2, 0.25) is 0 Å². The Kier molecular flexibility index (Phi) is 5.45. The van der Waals surface area contributed by atoms with E-state index in [-0.39, 0.29) is 13.1 Å². The topological polar surface area (TPSA) is 85.3 Å². The summed E-state index contributed by atoms with van der Waals surface area (Å²) in [6.07, 6.45) is -0.511. The zero-order chi connectivity index (χ0) is 18.8. The zero-order valence-electron chi connectivity index (χ0n) is 15.2. The van der Waals surface area contributed by atoms with Crippen LogP contribution in [-0.4, -0.2) is 55.0 Å². The second kappa shape index (κ2) is 7.21. The number of hydrogen-bond donors (Lipinski definition) is 1. The molecule has 1 fully saturated rings. The molecule has 1 amide bonds. The van der Waals surface area contributed by atoms with Crippen LogP contribution in [0.4, 0.5) is 4.79 Å². The van der Waals surface area contributed by atoms with Crippen LogP contribution in [-0.2, 0) is 9.53 Å². The predicted octanol–water partition coefficient (Wildman–Crippen LogP) is 2.74. The Hall–Kier alpha value is -2.44. The summed E-state index contributed by atoms with van der Waals surface area (Å²) >= 11 is 0. The molecule has 7 nitrogen and oxygen atoms in total. The Labute approximate surface area is 147 Å². The van der Waals surface area contributed by atoms with E-state index in [0.29, 0.717) is 17.1 Å². The molecule has 1 saturated heterocycles. The van der Waals surface area contributed by atoms with E-state index in [1.807, 2.05) is 0 Å². The van der Waals surface area contributed by atoms with Crippen LogP contribution in [0.5, 0.6) is 11.5 Å². The molecular formula is C18H25NO6. The first-order chi connectivity index (χ1) is 11.7. The number of methoxy groups -OCH3 is 2. The highest BCUT2D eigenvalue weighted by Gasteiger charge is 2.43. The molecule has 1 aliphatic heterocycles. The molecule has 25 heavy (non-hydrogen) atoms. The van der Waals surface area contributed by atoms with Crippen LogP contribution < -0.4 is 9.47 Å². The second-order valence-corrected chi connectivity index (χ2v) is 7.02. The van der Waals surface area contributed by atoms with Gasteiger partial charge in [0.1, 0.15) is 5.60 Å². The highest BCUT2D eigenvalue weighted by Crippen LogP contribution is 2.42. The smallest absolute Gasteiger partial charge is 0.410 e. The Morgan fingerprint density at radius 3 is 2.36 bits per heavy atom. The first-order valence-corrected chi connectivity index (χ1v) is 8.09. The lowest BCUT2D eigenvalue weighted by Crippen LogP contribution is -2.35. The Morgan fingerprint density at radius 1 is 1.16 bits per heavy atom. The molecule has 0 spiro atoms. The van der Waals surface area contributed by atoms with Crippen molar-refractivity contribution >= 4 is 12.1 Å². The summed E-state index contributed by atoms with van der Waals surface area (Å²) in [6.45, 7) is 5.67. The van der Waals surface area contributed by atoms with E-state index in [1.54, 1.807) is 39.0 Å². The van der Waals surface area contributed by atoms with E-state index < -0.39 is 29.5 Å². The maximum atomic E-state index is 12.3. The maximum Gasteiger partial charge on any atom is 0.410 e. The number of carboxylic acids is 1. The number of carboxylic acid groups (broad SMARTS) is 1. The minimum Gasteiger partial charge on any atom is -0.493 e. The van der Waals surface area contributed by atoms with Gasteiger partial charge in [0.05, 0.1) is 20.1 Å². The maximum absolute atomic E-state index is 12.3. The summed E-state index contributed by atoms with van der Waals surface area (Å²) in [7, 11) is 3.04. The number of nitrogens with zero attached hydrogens (tertiary/aromatic N) is 1. The molecule has 1 heterocycles. The van der Waals surface area contributed by atoms with E-state index in [1.165, 1.54) is 19.1 Å². The number of rotatable bonds is 4. The molecule has 0 aliphatic carbocycles. The van der Waals surface area contributed by atoms with Crippen molar-refractivity contribution in [3.8, 4) is 11.5 Å². The predicted molar refractivity (Wildman–Crippen MR) is 91.2 cm³/mol. The van der Waals surface area contributed by atoms with Gasteiger partial charge >= 0.3 is 12.1 Å². The normalized spacial score (nSPS) is 20.3. The number of benzene rings is 1. The number of carbonyl (C=O) groups excluding carboxylic acids is 1. The highest BCUT2D eigenvalue weighted by atomic mass is 16.6. The standard InChI is InChI=1S/C18H25NO6/c1-18(2,3)25-17(22)19-9-12(13(10-19)16(20)21)11-7-6-8-14(23-4)15(11)24-5/h6-8,12-13H,9-10H2,1-5H3,(H,20,21). The summed E-state index contributed by atoms with van der Waals surface area (Å²) in [4.78, 5) is 25.5. The molecule has 0 saturated carbocycles. The quantitative estimate of drug-likeness (QED) is 0.898. The van der Waals surface area contributed by atoms with Crippen molar-refractivity contribution in [2.75, 3.05) is 27.3 Å². The van der Waals surface area contributed by atoms with Crippen molar-refractivity contribution in [3.05, 3.63) is 23.8 Å². The van der Waals surface area contributed by atoms with Gasteiger partial charge in [0.25, 0.3) is 0 Å². The number of para-hydroxylation sites is 1. The zero-order valence-corrected chi connectivity index (χ0v) is 15.2. The van der Waals surface area contributed by atoms with Crippen LogP contribution >= 0.6 is 0 Å². The molecule has 7 heteroatoms. The summed E-state index contributed by atoms with van der Waals surface area (Å²) in [5.74, 6) is -1.09. The third-order valence-electron chi connectivity index (χ3n) is 4.12. The number of likely N-dealkylation sites (tertiary alicyclic amines) is 1. The van der Waals surface area contributed by atoms with Gasteiger partial charge in [-0.3, -0.25) is 4.79 Å². The minimum absolute atomic E-state index is 0.0925. The van der Waals surface area contributed by atoms with E-state index in [9.17, 15) is 14.7 Å². The fraction of sp³-hybridized carbons (Fsp3) is 0.556. The molecule has 1 N–H and O–H groups in total. The van der Waals surface area contributed by atoms with Gasteiger partial charge < -0.3 is 24.2 Å². The lowest BCUT2D eigenvalue weighted by atomic mass is 9.88.